The van der Waals surface area contributed by atoms with Crippen LogP contribution in [0.2, 0.25) is 0 Å². The van der Waals surface area contributed by atoms with Crippen molar-refractivity contribution in [2.45, 2.75) is 39.2 Å². The fraction of sp³-hybridized carbons (Fsp3) is 0.385. The molecule has 0 radical (unpaired) electrons. The number of benzene rings is 1. The number of nitrogens with zero attached hydrogens (tertiary/aromatic N) is 4. The molecule has 3 aromatic heterocycles. The highest BCUT2D eigenvalue weighted by Crippen LogP contribution is 2.29. The number of piperazine rings is 1. The molecule has 0 aliphatic carbocycles. The predicted molar refractivity (Wildman–Crippen MR) is 128 cm³/mol. The van der Waals surface area contributed by atoms with Gasteiger partial charge in [0.1, 0.15) is 5.58 Å². The van der Waals surface area contributed by atoms with E-state index in [4.69, 9.17) is 4.42 Å². The Balaban J connectivity index is 1.35. The number of aromatic nitrogens is 2. The monoisotopic (exact) mass is 428 g/mol. The minimum atomic E-state index is -0.301. The molecule has 1 atom stereocenters. The number of anilines is 1. The van der Waals surface area contributed by atoms with E-state index >= 15 is 0 Å². The highest BCUT2D eigenvalue weighted by Gasteiger charge is 2.29. The molecule has 2 saturated heterocycles. The van der Waals surface area contributed by atoms with Crippen molar-refractivity contribution < 1.29 is 4.42 Å². The third-order valence-corrected chi connectivity index (χ3v) is 7.12. The fourth-order valence-electron chi connectivity index (χ4n) is 5.46. The fourth-order valence-corrected chi connectivity index (χ4v) is 5.46. The zero-order valence-corrected chi connectivity index (χ0v) is 18.7. The number of fused-ring (bicyclic) bond motifs is 3. The van der Waals surface area contributed by atoms with Gasteiger partial charge in [0.2, 0.25) is 0 Å². The van der Waals surface area contributed by atoms with Crippen molar-refractivity contribution in [3.63, 3.8) is 0 Å². The Kier molecular flexibility index (Phi) is 4.57. The standard InChI is InChI=1S/C26H28N4O2/c1-17-14-30-15-20(12-24(30)18(2)27-17)23-11-19-6-7-21(13-25(19)32-26(23)31)29-10-9-28-8-4-3-5-22(28)16-29/h6-7,11-15,22H,3-5,8-10,16H2,1-2H3. The van der Waals surface area contributed by atoms with Gasteiger partial charge in [0.25, 0.3) is 0 Å². The lowest BCUT2D eigenvalue weighted by atomic mass is 9.99. The van der Waals surface area contributed by atoms with Crippen molar-refractivity contribution in [3.05, 3.63) is 64.5 Å². The Labute approximate surface area is 187 Å². The summed E-state index contributed by atoms with van der Waals surface area (Å²) in [4.78, 5) is 22.5. The Hall–Kier alpha value is -3.12. The summed E-state index contributed by atoms with van der Waals surface area (Å²) in [6.45, 7) is 8.39. The van der Waals surface area contributed by atoms with E-state index in [1.54, 1.807) is 0 Å². The van der Waals surface area contributed by atoms with Crippen LogP contribution in [-0.4, -0.2) is 46.5 Å². The molecule has 0 bridgehead atoms. The molecule has 2 aliphatic heterocycles. The Bertz CT molecular complexity index is 1390. The first kappa shape index (κ1) is 19.6. The maximum absolute atomic E-state index is 12.9. The lowest BCUT2D eigenvalue weighted by molar-refractivity contribution is 0.133. The second-order valence-electron chi connectivity index (χ2n) is 9.29. The molecule has 0 amide bonds. The van der Waals surface area contributed by atoms with E-state index in [0.717, 1.165) is 53.2 Å². The molecule has 164 valence electrons. The number of aryl methyl sites for hydroxylation is 2. The molecule has 6 rings (SSSR count). The summed E-state index contributed by atoms with van der Waals surface area (Å²) in [5.41, 5.74) is 5.83. The molecular weight excluding hydrogens is 400 g/mol. The molecular formula is C26H28N4O2. The van der Waals surface area contributed by atoms with Crippen LogP contribution in [0.5, 0.6) is 0 Å². The minimum Gasteiger partial charge on any atom is -0.422 e. The van der Waals surface area contributed by atoms with E-state index < -0.39 is 0 Å². The van der Waals surface area contributed by atoms with E-state index in [0.29, 0.717) is 17.2 Å². The summed E-state index contributed by atoms with van der Waals surface area (Å²) < 4.78 is 7.85. The van der Waals surface area contributed by atoms with Crippen molar-refractivity contribution in [3.8, 4) is 11.1 Å². The van der Waals surface area contributed by atoms with Crippen LogP contribution < -0.4 is 10.5 Å². The van der Waals surface area contributed by atoms with Gasteiger partial charge in [-0.3, -0.25) is 9.88 Å². The molecule has 6 heteroatoms. The van der Waals surface area contributed by atoms with Gasteiger partial charge in [-0.05, 0) is 57.5 Å². The van der Waals surface area contributed by atoms with Gasteiger partial charge < -0.3 is 13.7 Å². The van der Waals surface area contributed by atoms with Crippen LogP contribution in [0, 0.1) is 13.8 Å². The molecule has 5 heterocycles. The molecule has 1 aromatic carbocycles. The zero-order valence-electron chi connectivity index (χ0n) is 18.7. The number of piperidine rings is 1. The van der Waals surface area contributed by atoms with Crippen LogP contribution in [0.15, 0.2) is 51.9 Å². The lowest BCUT2D eigenvalue weighted by Gasteiger charge is -2.44. The van der Waals surface area contributed by atoms with E-state index in [1.165, 1.54) is 25.8 Å². The smallest absolute Gasteiger partial charge is 0.344 e. The Morgan fingerprint density at radius 1 is 1.03 bits per heavy atom. The summed E-state index contributed by atoms with van der Waals surface area (Å²) in [6, 6.07) is 10.9. The highest BCUT2D eigenvalue weighted by molar-refractivity contribution is 5.85. The summed E-state index contributed by atoms with van der Waals surface area (Å²) in [5.74, 6) is 0. The Morgan fingerprint density at radius 3 is 2.84 bits per heavy atom. The van der Waals surface area contributed by atoms with Crippen LogP contribution in [0.3, 0.4) is 0 Å². The molecule has 0 saturated carbocycles. The van der Waals surface area contributed by atoms with Gasteiger partial charge in [0.05, 0.1) is 22.5 Å². The van der Waals surface area contributed by atoms with Crippen LogP contribution in [0.4, 0.5) is 5.69 Å². The summed E-state index contributed by atoms with van der Waals surface area (Å²) in [5, 5.41) is 0.945. The number of rotatable bonds is 2. The van der Waals surface area contributed by atoms with E-state index in [-0.39, 0.29) is 5.63 Å². The summed E-state index contributed by atoms with van der Waals surface area (Å²) in [6.07, 6.45) is 7.89. The first-order chi connectivity index (χ1) is 15.5. The normalized spacial score (nSPS) is 19.6. The predicted octanol–water partition coefficient (Wildman–Crippen LogP) is 4.40. The maximum atomic E-state index is 12.9. The van der Waals surface area contributed by atoms with Crippen molar-refractivity contribution >= 4 is 22.2 Å². The van der Waals surface area contributed by atoms with Gasteiger partial charge in [-0.2, -0.15) is 0 Å². The highest BCUT2D eigenvalue weighted by atomic mass is 16.4. The van der Waals surface area contributed by atoms with Gasteiger partial charge in [-0.25, -0.2) is 4.79 Å². The molecule has 0 spiro atoms. The van der Waals surface area contributed by atoms with Crippen LogP contribution in [0.25, 0.3) is 27.6 Å². The molecule has 2 fully saturated rings. The molecule has 2 aliphatic rings. The van der Waals surface area contributed by atoms with E-state index in [1.807, 2.05) is 48.8 Å². The summed E-state index contributed by atoms with van der Waals surface area (Å²) >= 11 is 0. The van der Waals surface area contributed by atoms with Gasteiger partial charge in [-0.1, -0.05) is 6.42 Å². The van der Waals surface area contributed by atoms with Gasteiger partial charge in [0.15, 0.2) is 0 Å². The zero-order chi connectivity index (χ0) is 21.8. The molecule has 6 nitrogen and oxygen atoms in total. The molecule has 0 N–H and O–H groups in total. The van der Waals surface area contributed by atoms with E-state index in [2.05, 4.69) is 26.9 Å². The van der Waals surface area contributed by atoms with Gasteiger partial charge >= 0.3 is 5.63 Å². The average Bonchev–Trinajstić information content (AvgIpc) is 3.22. The third-order valence-electron chi connectivity index (χ3n) is 7.12. The topological polar surface area (TPSA) is 54.0 Å². The summed E-state index contributed by atoms with van der Waals surface area (Å²) in [7, 11) is 0. The lowest BCUT2D eigenvalue weighted by Crippen LogP contribution is -2.54. The average molecular weight is 429 g/mol. The van der Waals surface area contributed by atoms with Gasteiger partial charge in [0, 0.05) is 60.8 Å². The first-order valence-electron chi connectivity index (χ1n) is 11.6. The van der Waals surface area contributed by atoms with Crippen LogP contribution in [-0.2, 0) is 0 Å². The van der Waals surface area contributed by atoms with Crippen LogP contribution in [0.1, 0.15) is 30.7 Å². The quantitative estimate of drug-likeness (QED) is 0.443. The van der Waals surface area contributed by atoms with Crippen molar-refractivity contribution in [1.82, 2.24) is 14.3 Å². The largest absolute Gasteiger partial charge is 0.422 e. The second kappa shape index (κ2) is 7.48. The minimum absolute atomic E-state index is 0.301. The second-order valence-corrected chi connectivity index (χ2v) is 9.29. The van der Waals surface area contributed by atoms with Crippen molar-refractivity contribution in [2.75, 3.05) is 31.1 Å². The Morgan fingerprint density at radius 2 is 1.94 bits per heavy atom. The van der Waals surface area contributed by atoms with E-state index in [9.17, 15) is 4.79 Å². The van der Waals surface area contributed by atoms with Crippen molar-refractivity contribution in [2.24, 2.45) is 0 Å². The van der Waals surface area contributed by atoms with Crippen molar-refractivity contribution in [1.29, 1.82) is 0 Å². The molecule has 1 unspecified atom stereocenters. The van der Waals surface area contributed by atoms with Gasteiger partial charge in [-0.15, -0.1) is 0 Å². The SMILES string of the molecule is Cc1cn2cc(-c3cc4ccc(N5CCN6CCCCC6C5)cc4oc3=O)cc2c(C)n1. The first-order valence-corrected chi connectivity index (χ1v) is 11.6. The number of hydrogen-bond acceptors (Lipinski definition) is 5. The molecule has 32 heavy (non-hydrogen) atoms. The number of hydrogen-bond donors (Lipinski definition) is 0. The van der Waals surface area contributed by atoms with Crippen LogP contribution >= 0.6 is 0 Å². The third kappa shape index (κ3) is 3.30. The maximum Gasteiger partial charge on any atom is 0.344 e. The molecule has 4 aromatic rings.